The molecule has 0 radical (unpaired) electrons. The van der Waals surface area contributed by atoms with Crippen molar-refractivity contribution < 1.29 is 5.11 Å². The van der Waals surface area contributed by atoms with Gasteiger partial charge < -0.3 is 10.4 Å². The van der Waals surface area contributed by atoms with Crippen molar-refractivity contribution in [1.29, 1.82) is 0 Å². The number of nitrogens with zero attached hydrogens (tertiary/aromatic N) is 2. The van der Waals surface area contributed by atoms with Crippen LogP contribution in [-0.2, 0) is 13.1 Å². The Labute approximate surface area is 114 Å². The number of hydrogen-bond donors (Lipinski definition) is 2. The van der Waals surface area contributed by atoms with Gasteiger partial charge in [-0.1, -0.05) is 32.0 Å². The first-order valence-corrected chi connectivity index (χ1v) is 6.96. The van der Waals surface area contributed by atoms with Crippen molar-refractivity contribution in [2.75, 3.05) is 6.61 Å². The van der Waals surface area contributed by atoms with Gasteiger partial charge >= 0.3 is 0 Å². The number of para-hydroxylation sites is 1. The van der Waals surface area contributed by atoms with E-state index in [-0.39, 0.29) is 12.6 Å². The second-order valence-electron chi connectivity index (χ2n) is 5.19. The Morgan fingerprint density at radius 2 is 2.05 bits per heavy atom. The number of aliphatic hydroxyl groups is 1. The average Bonchev–Trinajstić information content (AvgIpc) is 2.77. The third kappa shape index (κ3) is 2.96. The van der Waals surface area contributed by atoms with Crippen LogP contribution in [0, 0.1) is 5.92 Å². The minimum absolute atomic E-state index is 0.116. The summed E-state index contributed by atoms with van der Waals surface area (Å²) in [6.45, 7) is 8.03. The second kappa shape index (κ2) is 6.17. The Hall–Kier alpha value is -1.39. The van der Waals surface area contributed by atoms with Crippen molar-refractivity contribution in [3.8, 4) is 0 Å². The SMILES string of the molecule is CCn1nc(CNC(CO)C(C)C)c2ccccc21. The number of nitrogens with one attached hydrogen (secondary N) is 1. The number of benzene rings is 1. The monoisotopic (exact) mass is 261 g/mol. The summed E-state index contributed by atoms with van der Waals surface area (Å²) in [6.07, 6.45) is 0. The van der Waals surface area contributed by atoms with Crippen LogP contribution >= 0.6 is 0 Å². The van der Waals surface area contributed by atoms with Gasteiger partial charge in [0.05, 0.1) is 17.8 Å². The molecule has 2 N–H and O–H groups in total. The van der Waals surface area contributed by atoms with E-state index in [4.69, 9.17) is 0 Å². The molecule has 0 fully saturated rings. The van der Waals surface area contributed by atoms with Gasteiger partial charge in [0.15, 0.2) is 0 Å². The smallest absolute Gasteiger partial charge is 0.0841 e. The highest BCUT2D eigenvalue weighted by molar-refractivity contribution is 5.81. The van der Waals surface area contributed by atoms with E-state index in [0.29, 0.717) is 12.5 Å². The minimum Gasteiger partial charge on any atom is -0.395 e. The third-order valence-corrected chi connectivity index (χ3v) is 3.57. The summed E-state index contributed by atoms with van der Waals surface area (Å²) in [5.41, 5.74) is 2.23. The highest BCUT2D eigenvalue weighted by atomic mass is 16.3. The van der Waals surface area contributed by atoms with Crippen LogP contribution in [0.3, 0.4) is 0 Å². The van der Waals surface area contributed by atoms with Crippen molar-refractivity contribution in [3.05, 3.63) is 30.0 Å². The molecule has 19 heavy (non-hydrogen) atoms. The molecule has 0 spiro atoms. The number of rotatable bonds is 6. The van der Waals surface area contributed by atoms with Crippen LogP contribution in [0.1, 0.15) is 26.5 Å². The zero-order chi connectivity index (χ0) is 13.8. The first kappa shape index (κ1) is 14.0. The molecule has 0 bridgehead atoms. The van der Waals surface area contributed by atoms with Gasteiger partial charge in [-0.05, 0) is 18.9 Å². The van der Waals surface area contributed by atoms with Gasteiger partial charge in [-0.25, -0.2) is 0 Å². The lowest BCUT2D eigenvalue weighted by molar-refractivity contribution is 0.209. The van der Waals surface area contributed by atoms with E-state index in [2.05, 4.69) is 43.3 Å². The normalized spacial score (nSPS) is 13.3. The Morgan fingerprint density at radius 3 is 2.68 bits per heavy atom. The van der Waals surface area contributed by atoms with Crippen molar-refractivity contribution >= 4 is 10.9 Å². The first-order chi connectivity index (χ1) is 9.17. The molecule has 1 heterocycles. The fraction of sp³-hybridized carbons (Fsp3) is 0.533. The van der Waals surface area contributed by atoms with Crippen molar-refractivity contribution in [2.24, 2.45) is 5.92 Å². The van der Waals surface area contributed by atoms with E-state index >= 15 is 0 Å². The van der Waals surface area contributed by atoms with Gasteiger partial charge in [0.1, 0.15) is 0 Å². The molecule has 1 aromatic heterocycles. The Balaban J connectivity index is 2.21. The maximum atomic E-state index is 9.35. The van der Waals surface area contributed by atoms with Gasteiger partial charge in [0.25, 0.3) is 0 Å². The molecule has 0 aliphatic rings. The van der Waals surface area contributed by atoms with Gasteiger partial charge in [-0.15, -0.1) is 0 Å². The molecule has 0 saturated heterocycles. The fourth-order valence-corrected chi connectivity index (χ4v) is 2.31. The lowest BCUT2D eigenvalue weighted by Gasteiger charge is -2.19. The van der Waals surface area contributed by atoms with E-state index in [1.54, 1.807) is 0 Å². The largest absolute Gasteiger partial charge is 0.395 e. The molecule has 0 saturated carbocycles. The second-order valence-corrected chi connectivity index (χ2v) is 5.19. The highest BCUT2D eigenvalue weighted by Gasteiger charge is 2.14. The van der Waals surface area contributed by atoms with Crippen LogP contribution < -0.4 is 5.32 Å². The molecule has 4 nitrogen and oxygen atoms in total. The van der Waals surface area contributed by atoms with Crippen LogP contribution in [-0.4, -0.2) is 27.5 Å². The molecule has 0 aliphatic carbocycles. The molecule has 104 valence electrons. The van der Waals surface area contributed by atoms with E-state index in [1.807, 2.05) is 16.8 Å². The summed E-state index contributed by atoms with van der Waals surface area (Å²) >= 11 is 0. The lowest BCUT2D eigenvalue weighted by Crippen LogP contribution is -2.36. The number of aromatic nitrogens is 2. The van der Waals surface area contributed by atoms with Crippen molar-refractivity contribution in [2.45, 2.75) is 39.9 Å². The van der Waals surface area contributed by atoms with Crippen LogP contribution in [0.4, 0.5) is 0 Å². The third-order valence-electron chi connectivity index (χ3n) is 3.57. The van der Waals surface area contributed by atoms with Crippen molar-refractivity contribution in [3.63, 3.8) is 0 Å². The predicted molar refractivity (Wildman–Crippen MR) is 78.0 cm³/mol. The summed E-state index contributed by atoms with van der Waals surface area (Å²) in [5.74, 6) is 0.407. The summed E-state index contributed by atoms with van der Waals surface area (Å²) in [6, 6.07) is 8.40. The van der Waals surface area contributed by atoms with E-state index in [0.717, 1.165) is 12.2 Å². The van der Waals surface area contributed by atoms with Gasteiger partial charge in [-0.3, -0.25) is 4.68 Å². The zero-order valence-corrected chi connectivity index (χ0v) is 11.9. The maximum absolute atomic E-state index is 9.35. The first-order valence-electron chi connectivity index (χ1n) is 6.96. The number of aliphatic hydroxyl groups excluding tert-OH is 1. The van der Waals surface area contributed by atoms with Crippen LogP contribution in [0.15, 0.2) is 24.3 Å². The molecule has 1 atom stereocenters. The molecule has 0 aliphatic heterocycles. The number of aryl methyl sites for hydroxylation is 1. The molecule has 1 unspecified atom stereocenters. The number of fused-ring (bicyclic) bond motifs is 1. The molecule has 4 heteroatoms. The lowest BCUT2D eigenvalue weighted by atomic mass is 10.1. The molecule has 2 aromatic rings. The quantitative estimate of drug-likeness (QED) is 0.838. The standard InChI is InChI=1S/C15H23N3O/c1-4-18-15-8-6-5-7-12(15)13(17-18)9-16-14(10-19)11(2)3/h5-8,11,14,16,19H,4,9-10H2,1-3H3. The number of hydrogen-bond acceptors (Lipinski definition) is 3. The van der Waals surface area contributed by atoms with Crippen LogP contribution in [0.25, 0.3) is 10.9 Å². The summed E-state index contributed by atoms with van der Waals surface area (Å²) in [4.78, 5) is 0. The summed E-state index contributed by atoms with van der Waals surface area (Å²) < 4.78 is 2.02. The zero-order valence-electron chi connectivity index (χ0n) is 11.9. The minimum atomic E-state index is 0.116. The molecular weight excluding hydrogens is 238 g/mol. The summed E-state index contributed by atoms with van der Waals surface area (Å²) in [5, 5.41) is 18.6. The average molecular weight is 261 g/mol. The molecule has 0 amide bonds. The van der Waals surface area contributed by atoms with E-state index in [9.17, 15) is 5.11 Å². The van der Waals surface area contributed by atoms with Gasteiger partial charge in [0, 0.05) is 24.5 Å². The predicted octanol–water partition coefficient (Wildman–Crippen LogP) is 2.16. The summed E-state index contributed by atoms with van der Waals surface area (Å²) in [7, 11) is 0. The Kier molecular flexibility index (Phi) is 4.56. The van der Waals surface area contributed by atoms with Gasteiger partial charge in [0.2, 0.25) is 0 Å². The topological polar surface area (TPSA) is 50.1 Å². The van der Waals surface area contributed by atoms with E-state index in [1.165, 1.54) is 10.9 Å². The van der Waals surface area contributed by atoms with Crippen LogP contribution in [0.2, 0.25) is 0 Å². The molecule has 2 rings (SSSR count). The van der Waals surface area contributed by atoms with Crippen LogP contribution in [0.5, 0.6) is 0 Å². The molecule has 1 aromatic carbocycles. The Bertz CT molecular complexity index is 533. The van der Waals surface area contributed by atoms with E-state index < -0.39 is 0 Å². The maximum Gasteiger partial charge on any atom is 0.0841 e. The highest BCUT2D eigenvalue weighted by Crippen LogP contribution is 2.18. The van der Waals surface area contributed by atoms with Crippen molar-refractivity contribution in [1.82, 2.24) is 15.1 Å². The molecular formula is C15H23N3O. The fourth-order valence-electron chi connectivity index (χ4n) is 2.31. The Morgan fingerprint density at radius 1 is 1.32 bits per heavy atom. The van der Waals surface area contributed by atoms with Gasteiger partial charge in [-0.2, -0.15) is 5.10 Å².